The Balaban J connectivity index is 1.65. The fraction of sp³-hybridized carbons (Fsp3) is 0.0870. The van der Waals surface area contributed by atoms with Crippen LogP contribution in [0.2, 0.25) is 0 Å². The molecule has 2 amide bonds. The van der Waals surface area contributed by atoms with E-state index in [9.17, 15) is 9.59 Å². The number of para-hydroxylation sites is 1. The topological polar surface area (TPSA) is 79.8 Å². The molecular weight excluding hydrogens is 366 g/mol. The number of aryl methyl sites for hydroxylation is 1. The summed E-state index contributed by atoms with van der Waals surface area (Å²) in [6.07, 6.45) is 1.51. The van der Waals surface area contributed by atoms with Gasteiger partial charge in [0, 0.05) is 22.4 Å². The van der Waals surface area contributed by atoms with Gasteiger partial charge in [-0.15, -0.1) is 0 Å². The number of nitrogens with zero attached hydrogens (tertiary/aromatic N) is 1. The van der Waals surface area contributed by atoms with Crippen LogP contribution < -0.4 is 15.5 Å². The number of nitrogens with one attached hydrogen (secondary N) is 2. The molecule has 0 spiro atoms. The van der Waals surface area contributed by atoms with Crippen molar-refractivity contribution in [3.8, 4) is 5.75 Å². The average molecular weight is 387 g/mol. The van der Waals surface area contributed by atoms with Crippen LogP contribution in [-0.2, 0) is 0 Å². The number of carbonyl (C=O) groups is 2. The molecule has 0 unspecified atom stereocenters. The second-order valence-corrected chi connectivity index (χ2v) is 6.34. The number of amides is 2. The van der Waals surface area contributed by atoms with E-state index in [0.717, 1.165) is 11.1 Å². The van der Waals surface area contributed by atoms with Crippen molar-refractivity contribution in [1.82, 2.24) is 5.43 Å². The summed E-state index contributed by atoms with van der Waals surface area (Å²) in [5.74, 6) is 0.0330. The average Bonchev–Trinajstić information content (AvgIpc) is 2.74. The Hall–Kier alpha value is -3.93. The van der Waals surface area contributed by atoms with Crippen molar-refractivity contribution in [2.75, 3.05) is 12.4 Å². The highest BCUT2D eigenvalue weighted by atomic mass is 16.5. The van der Waals surface area contributed by atoms with Crippen molar-refractivity contribution < 1.29 is 14.3 Å². The molecule has 29 heavy (non-hydrogen) atoms. The molecule has 3 rings (SSSR count). The zero-order chi connectivity index (χ0) is 20.6. The largest absolute Gasteiger partial charge is 0.496 e. The predicted octanol–water partition coefficient (Wildman–Crippen LogP) is 4.02. The van der Waals surface area contributed by atoms with Crippen LogP contribution in [-0.4, -0.2) is 25.1 Å². The number of hydrogen-bond donors (Lipinski definition) is 2. The van der Waals surface area contributed by atoms with Crippen molar-refractivity contribution in [1.29, 1.82) is 0 Å². The first-order chi connectivity index (χ1) is 14.1. The first kappa shape index (κ1) is 19.8. The lowest BCUT2D eigenvalue weighted by Gasteiger charge is -2.07. The summed E-state index contributed by atoms with van der Waals surface area (Å²) in [5, 5.41) is 6.78. The van der Waals surface area contributed by atoms with Crippen molar-refractivity contribution in [2.45, 2.75) is 6.92 Å². The molecule has 0 atom stereocenters. The van der Waals surface area contributed by atoms with Crippen molar-refractivity contribution in [2.24, 2.45) is 5.10 Å². The number of carbonyl (C=O) groups excluding carboxylic acids is 2. The van der Waals surface area contributed by atoms with Gasteiger partial charge in [0.05, 0.1) is 13.3 Å². The standard InChI is InChI=1S/C23H21N3O3/c1-16-10-12-17(13-11-16)22(27)25-20-8-5-7-18(14-20)23(28)26-24-15-19-6-3-4-9-21(19)29-2/h3-15H,1-2H3,(H,25,27)(H,26,28)/b24-15-. The second kappa shape index (κ2) is 9.32. The van der Waals surface area contributed by atoms with Gasteiger partial charge < -0.3 is 10.1 Å². The number of benzene rings is 3. The number of hydrazone groups is 1. The van der Waals surface area contributed by atoms with Gasteiger partial charge in [-0.25, -0.2) is 5.43 Å². The van der Waals surface area contributed by atoms with Gasteiger partial charge in [0.1, 0.15) is 5.75 Å². The van der Waals surface area contributed by atoms with E-state index in [-0.39, 0.29) is 11.8 Å². The molecule has 3 aromatic rings. The van der Waals surface area contributed by atoms with Gasteiger partial charge in [0.25, 0.3) is 11.8 Å². The van der Waals surface area contributed by atoms with Crippen LogP contribution in [0.3, 0.4) is 0 Å². The summed E-state index contributed by atoms with van der Waals surface area (Å²) in [6.45, 7) is 1.96. The Bertz CT molecular complexity index is 1040. The summed E-state index contributed by atoms with van der Waals surface area (Å²) < 4.78 is 5.24. The molecule has 0 fully saturated rings. The fourth-order valence-electron chi connectivity index (χ4n) is 2.64. The van der Waals surface area contributed by atoms with E-state index in [1.54, 1.807) is 43.5 Å². The minimum absolute atomic E-state index is 0.239. The SMILES string of the molecule is COc1ccccc1/C=N\NC(=O)c1cccc(NC(=O)c2ccc(C)cc2)c1. The Morgan fingerprint density at radius 2 is 1.66 bits per heavy atom. The number of methoxy groups -OCH3 is 1. The maximum absolute atomic E-state index is 12.4. The van der Waals surface area contributed by atoms with Crippen LogP contribution in [0, 0.1) is 6.92 Å². The molecule has 0 radical (unpaired) electrons. The molecule has 2 N–H and O–H groups in total. The minimum Gasteiger partial charge on any atom is -0.496 e. The maximum Gasteiger partial charge on any atom is 0.271 e. The lowest BCUT2D eigenvalue weighted by molar-refractivity contribution is 0.0953. The van der Waals surface area contributed by atoms with Gasteiger partial charge in [0.15, 0.2) is 0 Å². The van der Waals surface area contributed by atoms with Gasteiger partial charge in [0.2, 0.25) is 0 Å². The summed E-state index contributed by atoms with van der Waals surface area (Å²) in [5.41, 5.74) is 5.75. The monoisotopic (exact) mass is 387 g/mol. The summed E-state index contributed by atoms with van der Waals surface area (Å²) in [4.78, 5) is 24.7. The number of anilines is 1. The molecule has 0 bridgehead atoms. The normalized spacial score (nSPS) is 10.6. The van der Waals surface area contributed by atoms with Gasteiger partial charge in [-0.2, -0.15) is 5.10 Å². The van der Waals surface area contributed by atoms with Crippen LogP contribution in [0.5, 0.6) is 5.75 Å². The molecule has 3 aromatic carbocycles. The van der Waals surface area contributed by atoms with E-state index in [1.165, 1.54) is 6.21 Å². The Labute approximate surface area is 169 Å². The van der Waals surface area contributed by atoms with E-state index in [1.807, 2.05) is 43.3 Å². The zero-order valence-corrected chi connectivity index (χ0v) is 16.2. The summed E-state index contributed by atoms with van der Waals surface area (Å²) >= 11 is 0. The van der Waals surface area contributed by atoms with Gasteiger partial charge in [-0.1, -0.05) is 35.9 Å². The number of rotatable bonds is 6. The highest BCUT2D eigenvalue weighted by Crippen LogP contribution is 2.15. The third-order valence-corrected chi connectivity index (χ3v) is 4.21. The van der Waals surface area contributed by atoms with E-state index in [4.69, 9.17) is 4.74 Å². The lowest BCUT2D eigenvalue weighted by atomic mass is 10.1. The molecule has 0 aromatic heterocycles. The molecular formula is C23H21N3O3. The Morgan fingerprint density at radius 3 is 2.41 bits per heavy atom. The van der Waals surface area contributed by atoms with Gasteiger partial charge >= 0.3 is 0 Å². The van der Waals surface area contributed by atoms with E-state index >= 15 is 0 Å². The highest BCUT2D eigenvalue weighted by molar-refractivity contribution is 6.05. The van der Waals surface area contributed by atoms with E-state index in [0.29, 0.717) is 22.6 Å². The fourth-order valence-corrected chi connectivity index (χ4v) is 2.64. The first-order valence-electron chi connectivity index (χ1n) is 9.01. The van der Waals surface area contributed by atoms with Crippen molar-refractivity contribution in [3.05, 3.63) is 95.1 Å². The minimum atomic E-state index is -0.386. The zero-order valence-electron chi connectivity index (χ0n) is 16.2. The molecule has 0 heterocycles. The Morgan fingerprint density at radius 1 is 0.897 bits per heavy atom. The summed E-state index contributed by atoms with van der Waals surface area (Å²) in [7, 11) is 1.57. The van der Waals surface area contributed by atoms with Crippen molar-refractivity contribution >= 4 is 23.7 Å². The molecule has 0 aliphatic carbocycles. The van der Waals surface area contributed by atoms with Crippen LogP contribution in [0.15, 0.2) is 77.9 Å². The molecule has 0 saturated carbocycles. The number of ether oxygens (including phenoxy) is 1. The summed E-state index contributed by atoms with van der Waals surface area (Å²) in [6, 6.07) is 21.3. The van der Waals surface area contributed by atoms with Crippen LogP contribution in [0.25, 0.3) is 0 Å². The smallest absolute Gasteiger partial charge is 0.271 e. The van der Waals surface area contributed by atoms with Gasteiger partial charge in [-0.3, -0.25) is 9.59 Å². The number of hydrogen-bond acceptors (Lipinski definition) is 4. The van der Waals surface area contributed by atoms with E-state index < -0.39 is 0 Å². The molecule has 146 valence electrons. The molecule has 0 aliphatic rings. The first-order valence-corrected chi connectivity index (χ1v) is 9.01. The lowest BCUT2D eigenvalue weighted by Crippen LogP contribution is -2.18. The van der Waals surface area contributed by atoms with Crippen LogP contribution in [0.4, 0.5) is 5.69 Å². The third kappa shape index (κ3) is 5.29. The highest BCUT2D eigenvalue weighted by Gasteiger charge is 2.09. The van der Waals surface area contributed by atoms with Gasteiger partial charge in [-0.05, 0) is 49.4 Å². The van der Waals surface area contributed by atoms with E-state index in [2.05, 4.69) is 15.8 Å². The predicted molar refractivity (Wildman–Crippen MR) is 114 cm³/mol. The Kier molecular flexibility index (Phi) is 6.37. The second-order valence-electron chi connectivity index (χ2n) is 6.34. The maximum atomic E-state index is 12.4. The third-order valence-electron chi connectivity index (χ3n) is 4.21. The molecule has 0 saturated heterocycles. The molecule has 6 heteroatoms. The van der Waals surface area contributed by atoms with Crippen LogP contribution in [0.1, 0.15) is 31.8 Å². The quantitative estimate of drug-likeness (QED) is 0.495. The molecule has 0 aliphatic heterocycles. The van der Waals surface area contributed by atoms with Crippen LogP contribution >= 0.6 is 0 Å². The van der Waals surface area contributed by atoms with Crippen molar-refractivity contribution in [3.63, 3.8) is 0 Å². The molecule has 6 nitrogen and oxygen atoms in total.